The van der Waals surface area contributed by atoms with E-state index in [2.05, 4.69) is 70.2 Å². The van der Waals surface area contributed by atoms with Gasteiger partial charge in [0.05, 0.1) is 6.10 Å². The normalized spacial score (nSPS) is 17.1. The van der Waals surface area contributed by atoms with E-state index >= 15 is 0 Å². The molecule has 0 aromatic carbocycles. The summed E-state index contributed by atoms with van der Waals surface area (Å²) < 4.78 is 5.29. The Morgan fingerprint density at radius 2 is 1.78 bits per heavy atom. The van der Waals surface area contributed by atoms with Crippen LogP contribution in [0.2, 0.25) is 0 Å². The van der Waals surface area contributed by atoms with E-state index in [1.54, 1.807) is 7.11 Å². The summed E-state index contributed by atoms with van der Waals surface area (Å²) >= 11 is 0. The first-order valence-electron chi connectivity index (χ1n) is 6.86. The summed E-state index contributed by atoms with van der Waals surface area (Å²) in [6.07, 6.45) is 17.3. The number of hydrogen-bond donors (Lipinski definition) is 0. The molecule has 0 aliphatic carbocycles. The minimum Gasteiger partial charge on any atom is -0.377 e. The van der Waals surface area contributed by atoms with E-state index in [-0.39, 0.29) is 6.10 Å². The highest BCUT2D eigenvalue weighted by Crippen LogP contribution is 2.03. The lowest BCUT2D eigenvalue weighted by molar-refractivity contribution is 0.138. The molecule has 0 aromatic rings. The third-order valence-corrected chi connectivity index (χ3v) is 2.94. The van der Waals surface area contributed by atoms with Crippen molar-refractivity contribution in [1.29, 1.82) is 0 Å². The smallest absolute Gasteiger partial charge is 0.0752 e. The number of hydrogen-bond acceptors (Lipinski definition) is 1. The average molecular weight is 248 g/mol. The second-order valence-corrected chi connectivity index (χ2v) is 4.61. The highest BCUT2D eigenvalue weighted by molar-refractivity contribution is 5.24. The van der Waals surface area contributed by atoms with Crippen molar-refractivity contribution in [2.75, 3.05) is 7.11 Å². The maximum atomic E-state index is 5.29. The summed E-state index contributed by atoms with van der Waals surface area (Å²) in [5, 5.41) is 0. The standard InChI is InChI=1S/C17H28O/c1-6-15(3)11-9-8-10-12-16(4)13-14-17(7-2)18-5/h8-15,17H,6-7H2,1-5H3/b10-8+,11-9+,14-13+,16-12+/t15-,17-/m0/s1. The Morgan fingerprint density at radius 1 is 1.06 bits per heavy atom. The summed E-state index contributed by atoms with van der Waals surface area (Å²) in [7, 11) is 1.75. The minimum absolute atomic E-state index is 0.225. The van der Waals surface area contributed by atoms with Crippen LogP contribution in [-0.4, -0.2) is 13.2 Å². The molecule has 0 saturated carbocycles. The molecule has 0 aromatic heterocycles. The zero-order valence-electron chi connectivity index (χ0n) is 12.5. The van der Waals surface area contributed by atoms with Gasteiger partial charge in [-0.25, -0.2) is 0 Å². The predicted molar refractivity (Wildman–Crippen MR) is 81.7 cm³/mol. The van der Waals surface area contributed by atoms with Crippen molar-refractivity contribution in [2.45, 2.75) is 46.6 Å². The molecule has 18 heavy (non-hydrogen) atoms. The molecule has 2 atom stereocenters. The van der Waals surface area contributed by atoms with Crippen molar-refractivity contribution in [3.8, 4) is 0 Å². The molecule has 0 unspecified atom stereocenters. The van der Waals surface area contributed by atoms with Gasteiger partial charge in [0.1, 0.15) is 0 Å². The van der Waals surface area contributed by atoms with Crippen LogP contribution in [0.25, 0.3) is 0 Å². The first-order valence-corrected chi connectivity index (χ1v) is 6.86. The van der Waals surface area contributed by atoms with Crippen LogP contribution < -0.4 is 0 Å². The molecule has 0 fully saturated rings. The van der Waals surface area contributed by atoms with Crippen molar-refractivity contribution in [1.82, 2.24) is 0 Å². The molecule has 1 nitrogen and oxygen atoms in total. The third-order valence-electron chi connectivity index (χ3n) is 2.94. The van der Waals surface area contributed by atoms with Crippen LogP contribution in [0.15, 0.2) is 48.1 Å². The second-order valence-electron chi connectivity index (χ2n) is 4.61. The quantitative estimate of drug-likeness (QED) is 0.545. The molecule has 0 bridgehead atoms. The minimum atomic E-state index is 0.225. The van der Waals surface area contributed by atoms with E-state index in [9.17, 15) is 0 Å². The van der Waals surface area contributed by atoms with Gasteiger partial charge in [-0.05, 0) is 19.3 Å². The van der Waals surface area contributed by atoms with E-state index in [1.165, 1.54) is 12.0 Å². The van der Waals surface area contributed by atoms with Crippen molar-refractivity contribution in [3.63, 3.8) is 0 Å². The lowest BCUT2D eigenvalue weighted by atomic mass is 10.1. The van der Waals surface area contributed by atoms with Gasteiger partial charge in [-0.3, -0.25) is 0 Å². The maximum Gasteiger partial charge on any atom is 0.0752 e. The van der Waals surface area contributed by atoms with Gasteiger partial charge in [0.2, 0.25) is 0 Å². The summed E-state index contributed by atoms with van der Waals surface area (Å²) in [6.45, 7) is 8.65. The number of ether oxygens (including phenoxy) is 1. The highest BCUT2D eigenvalue weighted by atomic mass is 16.5. The van der Waals surface area contributed by atoms with Crippen molar-refractivity contribution in [3.05, 3.63) is 48.1 Å². The van der Waals surface area contributed by atoms with Gasteiger partial charge in [0.25, 0.3) is 0 Å². The Morgan fingerprint density at radius 3 is 2.33 bits per heavy atom. The molecular weight excluding hydrogens is 220 g/mol. The number of allylic oxidation sites excluding steroid dienone is 7. The molecule has 0 amide bonds. The van der Waals surface area contributed by atoms with E-state index < -0.39 is 0 Å². The molecule has 0 radical (unpaired) electrons. The monoisotopic (exact) mass is 248 g/mol. The SMILES string of the molecule is CC[C@H](C)/C=C/C=C/C=C(C)/C=C/[C@H](CC)OC. The fourth-order valence-corrected chi connectivity index (χ4v) is 1.36. The Labute approximate surface area is 113 Å². The Kier molecular flexibility index (Phi) is 10.4. The molecule has 0 spiro atoms. The van der Waals surface area contributed by atoms with Gasteiger partial charge in [-0.15, -0.1) is 0 Å². The summed E-state index contributed by atoms with van der Waals surface area (Å²) in [5.41, 5.74) is 1.23. The van der Waals surface area contributed by atoms with Crippen LogP contribution in [0, 0.1) is 5.92 Å². The zero-order chi connectivity index (χ0) is 13.8. The van der Waals surface area contributed by atoms with E-state index in [4.69, 9.17) is 4.74 Å². The molecule has 102 valence electrons. The van der Waals surface area contributed by atoms with Crippen LogP contribution in [0.5, 0.6) is 0 Å². The molecule has 1 heteroatoms. The van der Waals surface area contributed by atoms with E-state index in [0.29, 0.717) is 5.92 Å². The zero-order valence-corrected chi connectivity index (χ0v) is 12.5. The lowest BCUT2D eigenvalue weighted by Crippen LogP contribution is -2.03. The maximum absolute atomic E-state index is 5.29. The summed E-state index contributed by atoms with van der Waals surface area (Å²) in [5.74, 6) is 0.659. The van der Waals surface area contributed by atoms with Gasteiger partial charge < -0.3 is 4.74 Å². The first-order chi connectivity index (χ1) is 8.63. The van der Waals surface area contributed by atoms with Crippen LogP contribution in [0.3, 0.4) is 0 Å². The molecule has 0 rings (SSSR count). The van der Waals surface area contributed by atoms with Crippen LogP contribution >= 0.6 is 0 Å². The van der Waals surface area contributed by atoms with Crippen molar-refractivity contribution in [2.24, 2.45) is 5.92 Å². The molecule has 0 aliphatic rings. The lowest BCUT2D eigenvalue weighted by Gasteiger charge is -2.05. The largest absolute Gasteiger partial charge is 0.377 e. The molecule has 0 N–H and O–H groups in total. The van der Waals surface area contributed by atoms with Gasteiger partial charge in [-0.1, -0.05) is 75.3 Å². The number of rotatable bonds is 8. The van der Waals surface area contributed by atoms with Crippen LogP contribution in [-0.2, 0) is 4.74 Å². The van der Waals surface area contributed by atoms with Gasteiger partial charge >= 0.3 is 0 Å². The fourth-order valence-electron chi connectivity index (χ4n) is 1.36. The predicted octanol–water partition coefficient (Wildman–Crippen LogP) is 5.07. The Hall–Kier alpha value is -1.08. The van der Waals surface area contributed by atoms with Gasteiger partial charge in [-0.2, -0.15) is 0 Å². The topological polar surface area (TPSA) is 9.23 Å². The number of methoxy groups -OCH3 is 1. The molecule has 0 aliphatic heterocycles. The summed E-state index contributed by atoms with van der Waals surface area (Å²) in [6, 6.07) is 0. The third kappa shape index (κ3) is 9.00. The molecular formula is C17H28O. The highest BCUT2D eigenvalue weighted by Gasteiger charge is 1.95. The summed E-state index contributed by atoms with van der Waals surface area (Å²) in [4.78, 5) is 0. The van der Waals surface area contributed by atoms with E-state index in [0.717, 1.165) is 6.42 Å². The van der Waals surface area contributed by atoms with Gasteiger partial charge in [0.15, 0.2) is 0 Å². The van der Waals surface area contributed by atoms with Crippen molar-refractivity contribution >= 4 is 0 Å². The van der Waals surface area contributed by atoms with E-state index in [1.807, 2.05) is 0 Å². The van der Waals surface area contributed by atoms with Crippen LogP contribution in [0.4, 0.5) is 0 Å². The fraction of sp³-hybridized carbons (Fsp3) is 0.529. The Balaban J connectivity index is 4.18. The van der Waals surface area contributed by atoms with Crippen molar-refractivity contribution < 1.29 is 4.74 Å². The van der Waals surface area contributed by atoms with Crippen LogP contribution in [0.1, 0.15) is 40.5 Å². The van der Waals surface area contributed by atoms with Gasteiger partial charge in [0, 0.05) is 7.11 Å². The molecule has 0 saturated heterocycles. The average Bonchev–Trinajstić information content (AvgIpc) is 2.39. The Bertz CT molecular complexity index is 304. The second kappa shape index (κ2) is 11.0. The first kappa shape index (κ1) is 16.9. The molecule has 0 heterocycles.